The lowest BCUT2D eigenvalue weighted by molar-refractivity contribution is -0.165. The Morgan fingerprint density at radius 2 is 2.00 bits per heavy atom. The van der Waals surface area contributed by atoms with E-state index in [1.807, 2.05) is 0 Å². The quantitative estimate of drug-likeness (QED) is 0.253. The molecule has 1 unspecified atom stereocenters. The van der Waals surface area contributed by atoms with E-state index >= 15 is 0 Å². The third kappa shape index (κ3) is 9.09. The molecule has 0 aliphatic carbocycles. The number of esters is 1. The third-order valence-corrected chi connectivity index (χ3v) is 4.84. The van der Waals surface area contributed by atoms with Crippen LogP contribution in [-0.2, 0) is 30.2 Å². The highest BCUT2D eigenvalue weighted by atomic mass is 19.1. The second-order valence-electron chi connectivity index (χ2n) is 8.80. The second kappa shape index (κ2) is 12.9. The number of halogens is 1. The molecule has 1 saturated heterocycles. The van der Waals surface area contributed by atoms with Crippen LogP contribution in [0.25, 0.3) is 0 Å². The fourth-order valence-electron chi connectivity index (χ4n) is 3.27. The van der Waals surface area contributed by atoms with Gasteiger partial charge in [-0.15, -0.1) is 0 Å². The molecule has 2 rings (SSSR count). The smallest absolute Gasteiger partial charge is 0.492 e. The summed E-state index contributed by atoms with van der Waals surface area (Å²) >= 11 is 0. The summed E-state index contributed by atoms with van der Waals surface area (Å²) in [6.45, 7) is 5.82. The van der Waals surface area contributed by atoms with E-state index in [4.69, 9.17) is 23.7 Å². The molecule has 0 radical (unpaired) electrons. The minimum absolute atomic E-state index is 0.000413. The molecule has 1 aromatic carbocycles. The Morgan fingerprint density at radius 1 is 1.26 bits per heavy atom. The van der Waals surface area contributed by atoms with Crippen molar-refractivity contribution >= 4 is 24.6 Å². The summed E-state index contributed by atoms with van der Waals surface area (Å²) in [7, 11) is -0.851. The van der Waals surface area contributed by atoms with E-state index in [9.17, 15) is 24.0 Å². The summed E-state index contributed by atoms with van der Waals surface area (Å²) in [5.41, 5.74) is -1.01. The standard InChI is InChI=1S/C22H33BFNO9/c1-22(2,3)34-21(27)25-17(20(26)30-4)11-14-12-18(15(23(28)29)13-16(14)24)31-9-10-33-19-7-5-6-8-32-19/h12-13,17,19,28-29H,5-11H2,1-4H3,(H,25,27)/t17-,19?/m0/s1. The van der Waals surface area contributed by atoms with E-state index < -0.39 is 36.6 Å². The average Bonchev–Trinajstić information content (AvgIpc) is 2.76. The molecule has 1 aliphatic heterocycles. The van der Waals surface area contributed by atoms with Crippen molar-refractivity contribution < 1.29 is 47.7 Å². The van der Waals surface area contributed by atoms with Crippen LogP contribution in [0.2, 0.25) is 0 Å². The number of carbonyl (C=O) groups excluding carboxylic acids is 2. The normalized spacial score (nSPS) is 17.0. The maximum Gasteiger partial charge on any atom is 0.492 e. The van der Waals surface area contributed by atoms with Gasteiger partial charge in [-0.05, 0) is 57.7 Å². The zero-order chi connectivity index (χ0) is 25.3. The molecule has 3 N–H and O–H groups in total. The van der Waals surface area contributed by atoms with Gasteiger partial charge in [0.15, 0.2) is 6.29 Å². The average molecular weight is 485 g/mol. The minimum Gasteiger partial charge on any atom is -0.492 e. The number of nitrogens with one attached hydrogen (secondary N) is 1. The summed E-state index contributed by atoms with van der Waals surface area (Å²) < 4.78 is 41.3. The highest BCUT2D eigenvalue weighted by Gasteiger charge is 2.28. The van der Waals surface area contributed by atoms with Gasteiger partial charge in [-0.3, -0.25) is 0 Å². The Labute approximate surface area is 198 Å². The molecule has 0 bridgehead atoms. The summed E-state index contributed by atoms with van der Waals surface area (Å²) in [4.78, 5) is 24.3. The van der Waals surface area contributed by atoms with Crippen molar-refractivity contribution in [1.82, 2.24) is 5.32 Å². The van der Waals surface area contributed by atoms with E-state index in [0.29, 0.717) is 6.61 Å². The predicted molar refractivity (Wildman–Crippen MR) is 120 cm³/mol. The van der Waals surface area contributed by atoms with Crippen LogP contribution in [0.4, 0.5) is 9.18 Å². The molecule has 34 heavy (non-hydrogen) atoms. The summed E-state index contributed by atoms with van der Waals surface area (Å²) in [5.74, 6) is -1.62. The molecule has 10 nitrogen and oxygen atoms in total. The molecule has 1 fully saturated rings. The van der Waals surface area contributed by atoms with Crippen LogP contribution in [0, 0.1) is 5.82 Å². The van der Waals surface area contributed by atoms with E-state index in [0.717, 1.165) is 32.4 Å². The fourth-order valence-corrected chi connectivity index (χ4v) is 3.27. The lowest BCUT2D eigenvalue weighted by Gasteiger charge is -2.23. The van der Waals surface area contributed by atoms with Crippen LogP contribution in [-0.4, -0.2) is 74.1 Å². The summed E-state index contributed by atoms with van der Waals surface area (Å²) in [6.07, 6.45) is 1.30. The number of rotatable bonds is 10. The summed E-state index contributed by atoms with van der Waals surface area (Å²) in [5, 5.41) is 21.6. The van der Waals surface area contributed by atoms with E-state index in [1.165, 1.54) is 6.07 Å². The maximum absolute atomic E-state index is 14.7. The van der Waals surface area contributed by atoms with Crippen molar-refractivity contribution in [3.63, 3.8) is 0 Å². The number of hydrogen-bond donors (Lipinski definition) is 3. The Hall–Kier alpha value is -2.41. The molecule has 2 atom stereocenters. The number of benzene rings is 1. The van der Waals surface area contributed by atoms with Gasteiger partial charge < -0.3 is 39.0 Å². The highest BCUT2D eigenvalue weighted by Crippen LogP contribution is 2.19. The van der Waals surface area contributed by atoms with Crippen molar-refractivity contribution in [2.75, 3.05) is 26.9 Å². The molecule has 0 spiro atoms. The third-order valence-electron chi connectivity index (χ3n) is 4.84. The molecule has 1 amide bonds. The topological polar surface area (TPSA) is 133 Å². The van der Waals surface area contributed by atoms with Gasteiger partial charge in [0, 0.05) is 18.5 Å². The Bertz CT molecular complexity index is 825. The van der Waals surface area contributed by atoms with Gasteiger partial charge in [0.25, 0.3) is 0 Å². The molecule has 12 heteroatoms. The highest BCUT2D eigenvalue weighted by molar-refractivity contribution is 6.59. The second-order valence-corrected chi connectivity index (χ2v) is 8.80. The zero-order valence-corrected chi connectivity index (χ0v) is 20.0. The SMILES string of the molecule is COC(=O)[C@H](Cc1cc(OCCOC2CCCCO2)c(B(O)O)cc1F)NC(=O)OC(C)(C)C. The van der Waals surface area contributed by atoms with Crippen LogP contribution >= 0.6 is 0 Å². The van der Waals surface area contributed by atoms with Gasteiger partial charge in [-0.25, -0.2) is 14.0 Å². The van der Waals surface area contributed by atoms with Crippen molar-refractivity contribution in [2.45, 2.75) is 64.4 Å². The first kappa shape index (κ1) is 27.8. The molecule has 0 aromatic heterocycles. The van der Waals surface area contributed by atoms with Crippen LogP contribution in [0.15, 0.2) is 12.1 Å². The van der Waals surface area contributed by atoms with Gasteiger partial charge >= 0.3 is 19.2 Å². The lowest BCUT2D eigenvalue weighted by Crippen LogP contribution is -2.45. The van der Waals surface area contributed by atoms with Gasteiger partial charge in [0.2, 0.25) is 0 Å². The molecule has 0 saturated carbocycles. The van der Waals surface area contributed by atoms with Crippen LogP contribution in [0.3, 0.4) is 0 Å². The van der Waals surface area contributed by atoms with E-state index in [1.54, 1.807) is 20.8 Å². The predicted octanol–water partition coefficient (Wildman–Crippen LogP) is 1.04. The van der Waals surface area contributed by atoms with Crippen molar-refractivity contribution in [2.24, 2.45) is 0 Å². The monoisotopic (exact) mass is 485 g/mol. The molecular weight excluding hydrogens is 452 g/mol. The lowest BCUT2D eigenvalue weighted by atomic mass is 9.78. The van der Waals surface area contributed by atoms with Gasteiger partial charge in [0.05, 0.1) is 13.7 Å². The number of hydrogen-bond acceptors (Lipinski definition) is 9. The maximum atomic E-state index is 14.7. The number of carbonyl (C=O) groups is 2. The molecule has 190 valence electrons. The van der Waals surface area contributed by atoms with Gasteiger partial charge in [-0.1, -0.05) is 0 Å². The van der Waals surface area contributed by atoms with Crippen molar-refractivity contribution in [1.29, 1.82) is 0 Å². The van der Waals surface area contributed by atoms with Gasteiger partial charge in [0.1, 0.15) is 29.8 Å². The molecule has 1 aliphatic rings. The Morgan fingerprint density at radius 3 is 2.59 bits per heavy atom. The Balaban J connectivity index is 2.12. The Kier molecular flexibility index (Phi) is 10.6. The number of ether oxygens (including phenoxy) is 5. The van der Waals surface area contributed by atoms with Crippen LogP contribution < -0.4 is 15.5 Å². The first-order valence-corrected chi connectivity index (χ1v) is 11.1. The van der Waals surface area contributed by atoms with Crippen LogP contribution in [0.5, 0.6) is 5.75 Å². The number of methoxy groups -OCH3 is 1. The first-order chi connectivity index (χ1) is 16.0. The zero-order valence-electron chi connectivity index (χ0n) is 20.0. The fraction of sp³-hybridized carbons (Fsp3) is 0.636. The number of amides is 1. The molecule has 1 aromatic rings. The van der Waals surface area contributed by atoms with Crippen LogP contribution in [0.1, 0.15) is 45.6 Å². The number of alkyl carbamates (subject to hydrolysis) is 1. The molecular formula is C22H33BFNO9. The van der Waals surface area contributed by atoms with Gasteiger partial charge in [-0.2, -0.15) is 0 Å². The summed E-state index contributed by atoms with van der Waals surface area (Å²) in [6, 6.07) is 0.898. The largest absolute Gasteiger partial charge is 0.492 e. The van der Waals surface area contributed by atoms with E-state index in [2.05, 4.69) is 5.32 Å². The molecule has 1 heterocycles. The van der Waals surface area contributed by atoms with Crippen molar-refractivity contribution in [3.8, 4) is 5.75 Å². The van der Waals surface area contributed by atoms with E-state index in [-0.39, 0.29) is 42.7 Å². The van der Waals surface area contributed by atoms with Crippen molar-refractivity contribution in [3.05, 3.63) is 23.5 Å². The minimum atomic E-state index is -1.99. The first-order valence-electron chi connectivity index (χ1n) is 11.1.